The highest BCUT2D eigenvalue weighted by Gasteiger charge is 2.30. The van der Waals surface area contributed by atoms with Crippen LogP contribution in [0.25, 0.3) is 10.1 Å². The SMILES string of the molecule is COc1ccc2c(c1)c(OC(C)C)c(C(=O)O)[s+]2[O-]. The molecule has 0 aliphatic rings. The van der Waals surface area contributed by atoms with Crippen LogP contribution >= 0.6 is 10.8 Å². The molecule has 0 amide bonds. The molecule has 0 spiro atoms. The Hall–Kier alpha value is -1.79. The highest BCUT2D eigenvalue weighted by atomic mass is 32.2. The highest BCUT2D eigenvalue weighted by Crippen LogP contribution is 2.45. The molecule has 1 atom stereocenters. The predicted octanol–water partition coefficient (Wildman–Crippen LogP) is 3.06. The molecular formula is C13H14O5S. The molecule has 1 aromatic carbocycles. The fourth-order valence-electron chi connectivity index (χ4n) is 1.82. The molecule has 0 radical (unpaired) electrons. The molecule has 2 aromatic rings. The molecule has 2 rings (SSSR count). The Balaban J connectivity index is 2.77. The Bertz CT molecular complexity index is 629. The number of hydrogen-bond donors (Lipinski definition) is 1. The van der Waals surface area contributed by atoms with Crippen molar-refractivity contribution < 1.29 is 23.9 Å². The molecule has 0 saturated heterocycles. The lowest BCUT2D eigenvalue weighted by molar-refractivity contribution is 0.0696. The van der Waals surface area contributed by atoms with Crippen LogP contribution < -0.4 is 9.47 Å². The van der Waals surface area contributed by atoms with Crippen LogP contribution in [0.2, 0.25) is 0 Å². The average Bonchev–Trinajstić information content (AvgIpc) is 2.61. The number of carboxylic acids is 1. The van der Waals surface area contributed by atoms with Crippen molar-refractivity contribution in [1.82, 2.24) is 0 Å². The van der Waals surface area contributed by atoms with Crippen LogP contribution in [0.3, 0.4) is 0 Å². The number of fused-ring (bicyclic) bond motifs is 1. The first-order valence-electron chi connectivity index (χ1n) is 5.70. The molecule has 0 fully saturated rings. The topological polar surface area (TPSA) is 78.8 Å². The van der Waals surface area contributed by atoms with Gasteiger partial charge in [0.25, 0.3) is 4.88 Å². The number of carbonyl (C=O) groups is 1. The minimum absolute atomic E-state index is 0.162. The van der Waals surface area contributed by atoms with Gasteiger partial charge in [-0.05, 0) is 36.7 Å². The van der Waals surface area contributed by atoms with E-state index >= 15 is 0 Å². The van der Waals surface area contributed by atoms with Crippen molar-refractivity contribution in [3.8, 4) is 11.5 Å². The summed E-state index contributed by atoms with van der Waals surface area (Å²) in [5, 5.41) is 9.72. The lowest BCUT2D eigenvalue weighted by Crippen LogP contribution is -2.08. The first-order chi connectivity index (χ1) is 8.95. The van der Waals surface area contributed by atoms with Gasteiger partial charge in [0.2, 0.25) is 0 Å². The molecule has 1 aromatic heterocycles. The van der Waals surface area contributed by atoms with Gasteiger partial charge >= 0.3 is 5.97 Å². The first-order valence-corrected chi connectivity index (χ1v) is 6.85. The number of rotatable bonds is 4. The Morgan fingerprint density at radius 1 is 1.42 bits per heavy atom. The zero-order valence-corrected chi connectivity index (χ0v) is 11.6. The Labute approximate surface area is 113 Å². The quantitative estimate of drug-likeness (QED) is 0.872. The standard InChI is InChI=1S/C13H14O5S/c1-7(2)18-11-9-6-8(17-3)4-5-10(9)19(16)12(11)13(14)15/h4-7H,1-3H3,(H,14,15). The van der Waals surface area contributed by atoms with E-state index in [2.05, 4.69) is 0 Å². The van der Waals surface area contributed by atoms with Gasteiger partial charge < -0.3 is 19.1 Å². The molecule has 5 nitrogen and oxygen atoms in total. The lowest BCUT2D eigenvalue weighted by atomic mass is 10.2. The summed E-state index contributed by atoms with van der Waals surface area (Å²) in [7, 11) is -0.211. The van der Waals surface area contributed by atoms with Gasteiger partial charge in [0, 0.05) is 6.07 Å². The van der Waals surface area contributed by atoms with E-state index < -0.39 is 16.7 Å². The Kier molecular flexibility index (Phi) is 3.64. The van der Waals surface area contributed by atoms with Gasteiger partial charge in [-0.2, -0.15) is 0 Å². The summed E-state index contributed by atoms with van der Waals surface area (Å²) in [4.78, 5) is 11.1. The molecule has 0 aliphatic carbocycles. The van der Waals surface area contributed by atoms with Crippen molar-refractivity contribution in [3.63, 3.8) is 0 Å². The maximum atomic E-state index is 12.2. The van der Waals surface area contributed by atoms with Crippen LogP contribution in [0, 0.1) is 0 Å². The van der Waals surface area contributed by atoms with Gasteiger partial charge in [-0.3, -0.25) is 0 Å². The molecule has 102 valence electrons. The number of carboxylic acid groups (broad SMARTS) is 1. The third-order valence-corrected chi connectivity index (χ3v) is 4.06. The molecule has 19 heavy (non-hydrogen) atoms. The number of thiophene rings is 1. The van der Waals surface area contributed by atoms with Crippen LogP contribution in [0.15, 0.2) is 18.2 Å². The van der Waals surface area contributed by atoms with E-state index in [0.717, 1.165) is 0 Å². The van der Waals surface area contributed by atoms with Gasteiger partial charge in [-0.1, -0.05) is 0 Å². The van der Waals surface area contributed by atoms with E-state index in [4.69, 9.17) is 9.47 Å². The summed E-state index contributed by atoms with van der Waals surface area (Å²) in [5.74, 6) is -0.508. The van der Waals surface area contributed by atoms with Crippen molar-refractivity contribution in [3.05, 3.63) is 23.1 Å². The molecule has 1 N–H and O–H groups in total. The van der Waals surface area contributed by atoms with E-state index in [1.807, 2.05) is 0 Å². The highest BCUT2D eigenvalue weighted by molar-refractivity contribution is 7.33. The number of methoxy groups -OCH3 is 1. The van der Waals surface area contributed by atoms with Gasteiger partial charge in [-0.15, -0.1) is 0 Å². The second-order valence-corrected chi connectivity index (χ2v) is 5.65. The van der Waals surface area contributed by atoms with Crippen LogP contribution in [0.1, 0.15) is 23.5 Å². The molecule has 0 saturated carbocycles. The van der Waals surface area contributed by atoms with Crippen LogP contribution in [-0.4, -0.2) is 28.8 Å². The number of benzene rings is 1. The average molecular weight is 282 g/mol. The smallest absolute Gasteiger partial charge is 0.393 e. The van der Waals surface area contributed by atoms with E-state index in [-0.39, 0.29) is 16.7 Å². The predicted molar refractivity (Wildman–Crippen MR) is 71.9 cm³/mol. The van der Waals surface area contributed by atoms with E-state index in [1.165, 1.54) is 7.11 Å². The largest absolute Gasteiger partial charge is 0.589 e. The van der Waals surface area contributed by atoms with Crippen molar-refractivity contribution >= 4 is 26.8 Å². The van der Waals surface area contributed by atoms with E-state index in [9.17, 15) is 14.5 Å². The zero-order chi connectivity index (χ0) is 14.2. The molecule has 0 bridgehead atoms. The monoisotopic (exact) mass is 282 g/mol. The molecule has 0 aliphatic heterocycles. The summed E-state index contributed by atoms with van der Waals surface area (Å²) >= 11 is 0. The summed E-state index contributed by atoms with van der Waals surface area (Å²) in [6.07, 6.45) is -0.210. The van der Waals surface area contributed by atoms with E-state index in [1.54, 1.807) is 32.0 Å². The van der Waals surface area contributed by atoms with Gasteiger partial charge in [0.05, 0.1) is 18.6 Å². The second-order valence-electron chi connectivity index (χ2n) is 4.26. The van der Waals surface area contributed by atoms with Crippen LogP contribution in [0.4, 0.5) is 0 Å². The summed E-state index contributed by atoms with van der Waals surface area (Å²) in [6.45, 7) is 3.57. The third kappa shape index (κ3) is 2.36. The van der Waals surface area contributed by atoms with Crippen LogP contribution in [0.5, 0.6) is 11.5 Å². The normalized spacial score (nSPS) is 11.9. The Morgan fingerprint density at radius 2 is 2.11 bits per heavy atom. The second kappa shape index (κ2) is 5.07. The van der Waals surface area contributed by atoms with E-state index in [0.29, 0.717) is 15.8 Å². The Morgan fingerprint density at radius 3 is 2.63 bits per heavy atom. The summed E-state index contributed by atoms with van der Waals surface area (Å²) in [5.41, 5.74) is 0. The van der Waals surface area contributed by atoms with Gasteiger partial charge in [-0.25, -0.2) is 4.79 Å². The molecule has 1 heterocycles. The minimum atomic E-state index is -1.72. The third-order valence-electron chi connectivity index (χ3n) is 2.57. The first kappa shape index (κ1) is 13.6. The minimum Gasteiger partial charge on any atom is -0.589 e. The number of aromatic carboxylic acids is 1. The number of ether oxygens (including phenoxy) is 2. The molecular weight excluding hydrogens is 268 g/mol. The maximum Gasteiger partial charge on any atom is 0.393 e. The molecule has 1 unspecified atom stereocenters. The van der Waals surface area contributed by atoms with Crippen molar-refractivity contribution in [2.45, 2.75) is 20.0 Å². The van der Waals surface area contributed by atoms with Gasteiger partial charge in [0.1, 0.15) is 5.75 Å². The lowest BCUT2D eigenvalue weighted by Gasteiger charge is -2.08. The summed E-state index contributed by atoms with van der Waals surface area (Å²) in [6, 6.07) is 4.89. The summed E-state index contributed by atoms with van der Waals surface area (Å²) < 4.78 is 23.3. The number of hydrogen-bond acceptors (Lipinski definition) is 4. The maximum absolute atomic E-state index is 12.2. The molecule has 6 heteroatoms. The van der Waals surface area contributed by atoms with Crippen LogP contribution in [-0.2, 0) is 0 Å². The van der Waals surface area contributed by atoms with Crippen molar-refractivity contribution in [2.75, 3.05) is 7.11 Å². The van der Waals surface area contributed by atoms with Crippen molar-refractivity contribution in [2.24, 2.45) is 0 Å². The van der Waals surface area contributed by atoms with Gasteiger partial charge in [0.15, 0.2) is 10.4 Å². The zero-order valence-electron chi connectivity index (χ0n) is 10.8. The van der Waals surface area contributed by atoms with Crippen molar-refractivity contribution in [1.29, 1.82) is 0 Å². The fourth-order valence-corrected chi connectivity index (χ4v) is 3.07. The fraction of sp³-hybridized carbons (Fsp3) is 0.308.